The fourth-order valence-corrected chi connectivity index (χ4v) is 3.45. The number of amides is 1. The van der Waals surface area contributed by atoms with Gasteiger partial charge in [0.05, 0.1) is 17.0 Å². The molecule has 4 heteroatoms. The SMILES string of the molecule is CCC1=CC(=C2C(=O)N(c3ccc(CC)cc3)N=C2CC)C=C(CC)C1=O. The molecule has 0 unspecified atom stereocenters. The standard InChI is InChI=1S/C23H26N2O2/c1-5-15-9-11-19(12-10-15)25-23(27)21(20(8-4)24-25)18-13-16(6-2)22(26)17(7-3)14-18/h9-14H,5-8H2,1-4H3. The second kappa shape index (κ2) is 7.87. The Bertz CT molecular complexity index is 873. The number of hydrogen-bond acceptors (Lipinski definition) is 3. The van der Waals surface area contributed by atoms with Crippen molar-refractivity contribution in [3.05, 3.63) is 64.3 Å². The van der Waals surface area contributed by atoms with E-state index >= 15 is 0 Å². The summed E-state index contributed by atoms with van der Waals surface area (Å²) in [5.74, 6) is -0.0318. The van der Waals surface area contributed by atoms with Gasteiger partial charge in [0.15, 0.2) is 5.78 Å². The Hall–Kier alpha value is -2.75. The lowest BCUT2D eigenvalue weighted by atomic mass is 9.87. The Morgan fingerprint density at radius 3 is 1.89 bits per heavy atom. The summed E-state index contributed by atoms with van der Waals surface area (Å²) in [5.41, 5.74) is 5.69. The molecule has 2 aliphatic rings. The monoisotopic (exact) mass is 362 g/mol. The first-order valence-electron chi connectivity index (χ1n) is 9.75. The summed E-state index contributed by atoms with van der Waals surface area (Å²) in [5, 5.41) is 6.07. The number of allylic oxidation sites excluding steroid dienone is 5. The molecule has 0 radical (unpaired) electrons. The third kappa shape index (κ3) is 3.44. The molecule has 0 aromatic heterocycles. The quantitative estimate of drug-likeness (QED) is 0.699. The zero-order valence-electron chi connectivity index (χ0n) is 16.5. The number of carbonyl (C=O) groups excluding carboxylic acids is 2. The summed E-state index contributed by atoms with van der Waals surface area (Å²) in [6.45, 7) is 8.04. The highest BCUT2D eigenvalue weighted by Crippen LogP contribution is 2.31. The molecule has 27 heavy (non-hydrogen) atoms. The van der Waals surface area contributed by atoms with Gasteiger partial charge in [0.2, 0.25) is 0 Å². The molecule has 0 fully saturated rings. The van der Waals surface area contributed by atoms with Crippen molar-refractivity contribution in [2.24, 2.45) is 5.10 Å². The van der Waals surface area contributed by atoms with Crippen molar-refractivity contribution in [2.45, 2.75) is 53.4 Å². The van der Waals surface area contributed by atoms with Gasteiger partial charge in [0, 0.05) is 11.1 Å². The zero-order valence-corrected chi connectivity index (χ0v) is 16.5. The van der Waals surface area contributed by atoms with Gasteiger partial charge in [-0.3, -0.25) is 9.59 Å². The van der Waals surface area contributed by atoms with Crippen molar-refractivity contribution in [1.29, 1.82) is 0 Å². The Morgan fingerprint density at radius 2 is 1.41 bits per heavy atom. The van der Waals surface area contributed by atoms with Crippen molar-refractivity contribution in [3.63, 3.8) is 0 Å². The highest BCUT2D eigenvalue weighted by atomic mass is 16.2. The molecule has 0 saturated heterocycles. The Balaban J connectivity index is 2.08. The van der Waals surface area contributed by atoms with Gasteiger partial charge in [-0.15, -0.1) is 0 Å². The molecule has 0 N–H and O–H groups in total. The molecule has 1 heterocycles. The fourth-order valence-electron chi connectivity index (χ4n) is 3.45. The van der Waals surface area contributed by atoms with Crippen LogP contribution >= 0.6 is 0 Å². The highest BCUT2D eigenvalue weighted by molar-refractivity contribution is 6.31. The number of carbonyl (C=O) groups is 2. The Morgan fingerprint density at radius 1 is 0.815 bits per heavy atom. The normalized spacial score (nSPS) is 17.3. The summed E-state index contributed by atoms with van der Waals surface area (Å²) in [6, 6.07) is 7.93. The summed E-state index contributed by atoms with van der Waals surface area (Å²) in [6.07, 6.45) is 6.65. The van der Waals surface area contributed by atoms with Crippen LogP contribution in [-0.2, 0) is 16.0 Å². The van der Waals surface area contributed by atoms with E-state index in [9.17, 15) is 9.59 Å². The number of rotatable bonds is 5. The number of hydrogen-bond donors (Lipinski definition) is 0. The van der Waals surface area contributed by atoms with Gasteiger partial charge < -0.3 is 0 Å². The van der Waals surface area contributed by atoms with Crippen molar-refractivity contribution >= 4 is 23.1 Å². The molecule has 1 aromatic carbocycles. The third-order valence-corrected chi connectivity index (χ3v) is 5.13. The number of Topliss-reactive ketones (excluding diaryl/α,β-unsaturated/α-hetero) is 1. The van der Waals surface area contributed by atoms with Crippen LogP contribution in [0.15, 0.2) is 63.8 Å². The maximum absolute atomic E-state index is 13.2. The number of benzene rings is 1. The fraction of sp³-hybridized carbons (Fsp3) is 0.348. The lowest BCUT2D eigenvalue weighted by molar-refractivity contribution is -0.114. The molecular formula is C23H26N2O2. The predicted octanol–water partition coefficient (Wildman–Crippen LogP) is 4.91. The summed E-state index contributed by atoms with van der Waals surface area (Å²) in [7, 11) is 0. The van der Waals surface area contributed by atoms with E-state index in [1.807, 2.05) is 57.2 Å². The topological polar surface area (TPSA) is 49.7 Å². The first-order chi connectivity index (χ1) is 13.0. The second-order valence-corrected chi connectivity index (χ2v) is 6.74. The van der Waals surface area contributed by atoms with E-state index in [1.165, 1.54) is 10.6 Å². The maximum Gasteiger partial charge on any atom is 0.281 e. The largest absolute Gasteiger partial charge is 0.289 e. The second-order valence-electron chi connectivity index (χ2n) is 6.74. The van der Waals surface area contributed by atoms with Crippen molar-refractivity contribution in [3.8, 4) is 0 Å². The highest BCUT2D eigenvalue weighted by Gasteiger charge is 2.33. The number of ketones is 1. The molecule has 0 atom stereocenters. The molecule has 1 aliphatic carbocycles. The van der Waals surface area contributed by atoms with Gasteiger partial charge in [-0.05, 0) is 61.1 Å². The van der Waals surface area contributed by atoms with Gasteiger partial charge in [-0.2, -0.15) is 10.1 Å². The number of anilines is 1. The van der Waals surface area contributed by atoms with E-state index in [-0.39, 0.29) is 11.7 Å². The zero-order chi connectivity index (χ0) is 19.6. The lowest BCUT2D eigenvalue weighted by Crippen LogP contribution is -2.23. The van der Waals surface area contributed by atoms with E-state index in [1.54, 1.807) is 0 Å². The molecule has 1 amide bonds. The first-order valence-corrected chi connectivity index (χ1v) is 9.75. The van der Waals surface area contributed by atoms with Crippen molar-refractivity contribution < 1.29 is 9.59 Å². The smallest absolute Gasteiger partial charge is 0.281 e. The van der Waals surface area contributed by atoms with Crippen LogP contribution in [0.4, 0.5) is 5.69 Å². The van der Waals surface area contributed by atoms with Gasteiger partial charge in [0.1, 0.15) is 0 Å². The maximum atomic E-state index is 13.2. The van der Waals surface area contributed by atoms with Crippen LogP contribution in [0.25, 0.3) is 0 Å². The molecule has 4 nitrogen and oxygen atoms in total. The van der Waals surface area contributed by atoms with E-state index in [2.05, 4.69) is 12.0 Å². The van der Waals surface area contributed by atoms with Crippen LogP contribution in [0.2, 0.25) is 0 Å². The average Bonchev–Trinajstić information content (AvgIpc) is 3.04. The predicted molar refractivity (Wildman–Crippen MR) is 110 cm³/mol. The first kappa shape index (κ1) is 19.0. The van der Waals surface area contributed by atoms with Crippen LogP contribution in [0.3, 0.4) is 0 Å². The third-order valence-electron chi connectivity index (χ3n) is 5.13. The number of aryl methyl sites for hydroxylation is 1. The van der Waals surface area contributed by atoms with Crippen molar-refractivity contribution in [1.82, 2.24) is 0 Å². The Labute approximate surface area is 161 Å². The van der Waals surface area contributed by atoms with E-state index in [4.69, 9.17) is 0 Å². The average molecular weight is 362 g/mol. The summed E-state index contributed by atoms with van der Waals surface area (Å²) < 4.78 is 0. The van der Waals surface area contributed by atoms with E-state index in [0.29, 0.717) is 24.8 Å². The molecular weight excluding hydrogens is 336 g/mol. The molecule has 0 saturated carbocycles. The minimum atomic E-state index is -0.126. The van der Waals surface area contributed by atoms with Crippen molar-refractivity contribution in [2.75, 3.05) is 5.01 Å². The molecule has 0 bridgehead atoms. The van der Waals surface area contributed by atoms with Crippen LogP contribution in [0.1, 0.15) is 52.5 Å². The minimum absolute atomic E-state index is 0.0943. The number of nitrogens with zero attached hydrogens (tertiary/aromatic N) is 2. The summed E-state index contributed by atoms with van der Waals surface area (Å²) >= 11 is 0. The van der Waals surface area contributed by atoms with E-state index < -0.39 is 0 Å². The van der Waals surface area contributed by atoms with Crippen LogP contribution < -0.4 is 5.01 Å². The molecule has 140 valence electrons. The van der Waals surface area contributed by atoms with Gasteiger partial charge in [-0.25, -0.2) is 0 Å². The van der Waals surface area contributed by atoms with Crippen LogP contribution in [-0.4, -0.2) is 17.4 Å². The minimum Gasteiger partial charge on any atom is -0.289 e. The molecule has 3 rings (SSSR count). The van der Waals surface area contributed by atoms with Gasteiger partial charge >= 0.3 is 0 Å². The van der Waals surface area contributed by atoms with E-state index in [0.717, 1.165) is 34.5 Å². The lowest BCUT2D eigenvalue weighted by Gasteiger charge is -2.16. The van der Waals surface area contributed by atoms with Crippen LogP contribution in [0.5, 0.6) is 0 Å². The Kier molecular flexibility index (Phi) is 5.54. The number of hydrazone groups is 1. The molecule has 0 spiro atoms. The van der Waals surface area contributed by atoms with Crippen LogP contribution in [0, 0.1) is 0 Å². The molecule has 1 aliphatic heterocycles. The van der Waals surface area contributed by atoms with Gasteiger partial charge in [0.25, 0.3) is 5.91 Å². The molecule has 1 aromatic rings. The summed E-state index contributed by atoms with van der Waals surface area (Å²) in [4.78, 5) is 25.7. The van der Waals surface area contributed by atoms with Gasteiger partial charge in [-0.1, -0.05) is 39.8 Å².